The largest absolute Gasteiger partial charge is 0.506 e. The van der Waals surface area contributed by atoms with Crippen molar-refractivity contribution in [3.8, 4) is 0 Å². The Balaban J connectivity index is 2.05. The van der Waals surface area contributed by atoms with E-state index in [9.17, 15) is 4.79 Å². The second-order valence-electron chi connectivity index (χ2n) is 6.65. The number of unbranched alkanes of at least 4 members (excludes halogenated alkanes) is 7. The number of ether oxygens (including phenoxy) is 1. The van der Waals surface area contributed by atoms with Gasteiger partial charge in [0.25, 0.3) is 0 Å². The van der Waals surface area contributed by atoms with Gasteiger partial charge in [-0.25, -0.2) is 4.79 Å². The minimum absolute atomic E-state index is 0.108. The number of benzene rings is 1. The van der Waals surface area contributed by atoms with Crippen molar-refractivity contribution in [2.24, 2.45) is 0 Å². The number of aryl methyl sites for hydroxylation is 1. The topological polar surface area (TPSA) is 46.5 Å². The van der Waals surface area contributed by atoms with Gasteiger partial charge in [0.15, 0.2) is 0 Å². The lowest BCUT2D eigenvalue weighted by Crippen LogP contribution is -2.16. The Morgan fingerprint density at radius 3 is 2.12 bits per heavy atom. The molecular weight excluding hydrogens is 300 g/mol. The number of hydrogen-bond donors (Lipinski definition) is 1. The molecule has 3 nitrogen and oxygen atoms in total. The molecule has 0 heterocycles. The SMILES string of the molecule is CCCCCCC(CCCCCCCc1ccccc1)OC(=O)O. The number of rotatable bonds is 14. The Labute approximate surface area is 147 Å². The van der Waals surface area contributed by atoms with Crippen LogP contribution >= 0.6 is 0 Å². The molecule has 3 heteroatoms. The predicted molar refractivity (Wildman–Crippen MR) is 99.5 cm³/mol. The van der Waals surface area contributed by atoms with Gasteiger partial charge in [0.05, 0.1) is 0 Å². The first-order valence-electron chi connectivity index (χ1n) is 9.66. The summed E-state index contributed by atoms with van der Waals surface area (Å²) in [6, 6.07) is 10.6. The van der Waals surface area contributed by atoms with Gasteiger partial charge in [-0.15, -0.1) is 0 Å². The molecule has 136 valence electrons. The Bertz CT molecular complexity index is 416. The van der Waals surface area contributed by atoms with Crippen LogP contribution in [-0.4, -0.2) is 17.4 Å². The van der Waals surface area contributed by atoms with Gasteiger partial charge in [0.1, 0.15) is 6.10 Å². The highest BCUT2D eigenvalue weighted by Crippen LogP contribution is 2.16. The van der Waals surface area contributed by atoms with Crippen LogP contribution < -0.4 is 0 Å². The van der Waals surface area contributed by atoms with Crippen molar-refractivity contribution in [3.05, 3.63) is 35.9 Å². The predicted octanol–water partition coefficient (Wildman–Crippen LogP) is 6.60. The summed E-state index contributed by atoms with van der Waals surface area (Å²) in [6.07, 6.45) is 12.3. The van der Waals surface area contributed by atoms with E-state index in [0.29, 0.717) is 0 Å². The number of hydrogen-bond acceptors (Lipinski definition) is 2. The first kappa shape index (κ1) is 20.5. The highest BCUT2D eigenvalue weighted by Gasteiger charge is 2.12. The summed E-state index contributed by atoms with van der Waals surface area (Å²) in [6.45, 7) is 2.18. The van der Waals surface area contributed by atoms with Crippen LogP contribution in [0.15, 0.2) is 30.3 Å². The average Bonchev–Trinajstić information content (AvgIpc) is 2.58. The summed E-state index contributed by atoms with van der Waals surface area (Å²) < 4.78 is 5.03. The van der Waals surface area contributed by atoms with E-state index in [1.165, 1.54) is 50.5 Å². The van der Waals surface area contributed by atoms with Crippen LogP contribution in [0, 0.1) is 0 Å². The maximum atomic E-state index is 10.8. The molecule has 0 aliphatic heterocycles. The van der Waals surface area contributed by atoms with Crippen LogP contribution in [0.25, 0.3) is 0 Å². The fourth-order valence-electron chi connectivity index (χ4n) is 3.08. The molecule has 0 radical (unpaired) electrons. The maximum Gasteiger partial charge on any atom is 0.506 e. The summed E-state index contributed by atoms with van der Waals surface area (Å²) in [5.74, 6) is 0. The Morgan fingerprint density at radius 2 is 1.50 bits per heavy atom. The highest BCUT2D eigenvalue weighted by atomic mass is 16.7. The van der Waals surface area contributed by atoms with Crippen LogP contribution in [0.4, 0.5) is 4.79 Å². The summed E-state index contributed by atoms with van der Waals surface area (Å²) in [4.78, 5) is 10.8. The third kappa shape index (κ3) is 11.1. The molecule has 0 aromatic heterocycles. The standard InChI is InChI=1S/C21H34O3/c1-2-3-4-12-17-20(24-21(22)23)18-13-7-5-6-9-14-19-15-10-8-11-16-19/h8,10-11,15-16,20H,2-7,9,12-14,17-18H2,1H3,(H,22,23). The van der Waals surface area contributed by atoms with E-state index in [0.717, 1.165) is 32.1 Å². The zero-order valence-corrected chi connectivity index (χ0v) is 15.2. The van der Waals surface area contributed by atoms with Gasteiger partial charge in [-0.2, -0.15) is 0 Å². The molecule has 0 aliphatic rings. The fourth-order valence-corrected chi connectivity index (χ4v) is 3.08. The highest BCUT2D eigenvalue weighted by molar-refractivity contribution is 5.57. The zero-order valence-electron chi connectivity index (χ0n) is 15.2. The molecule has 0 amide bonds. The van der Waals surface area contributed by atoms with E-state index in [1.807, 2.05) is 0 Å². The molecular formula is C21H34O3. The summed E-state index contributed by atoms with van der Waals surface area (Å²) >= 11 is 0. The molecule has 0 bridgehead atoms. The molecule has 1 atom stereocenters. The van der Waals surface area contributed by atoms with Gasteiger partial charge in [0.2, 0.25) is 0 Å². The zero-order chi connectivity index (χ0) is 17.5. The van der Waals surface area contributed by atoms with Crippen molar-refractivity contribution in [1.29, 1.82) is 0 Å². The lowest BCUT2D eigenvalue weighted by atomic mass is 10.0. The normalized spacial score (nSPS) is 12.0. The third-order valence-corrected chi connectivity index (χ3v) is 4.48. The van der Waals surface area contributed by atoms with E-state index >= 15 is 0 Å². The van der Waals surface area contributed by atoms with Crippen molar-refractivity contribution in [2.45, 2.75) is 90.1 Å². The first-order chi connectivity index (χ1) is 11.7. The molecule has 1 N–H and O–H groups in total. The van der Waals surface area contributed by atoms with Crippen molar-refractivity contribution in [2.75, 3.05) is 0 Å². The van der Waals surface area contributed by atoms with E-state index in [2.05, 4.69) is 37.3 Å². The lowest BCUT2D eigenvalue weighted by molar-refractivity contribution is 0.0423. The molecule has 0 fully saturated rings. The van der Waals surface area contributed by atoms with Crippen LogP contribution in [0.2, 0.25) is 0 Å². The second kappa shape index (κ2) is 13.9. The van der Waals surface area contributed by atoms with Crippen molar-refractivity contribution in [1.82, 2.24) is 0 Å². The number of carbonyl (C=O) groups is 1. The minimum atomic E-state index is -1.13. The Hall–Kier alpha value is -1.51. The van der Waals surface area contributed by atoms with Gasteiger partial charge in [-0.1, -0.05) is 75.8 Å². The molecule has 1 aromatic carbocycles. The summed E-state index contributed by atoms with van der Waals surface area (Å²) in [7, 11) is 0. The van der Waals surface area contributed by atoms with E-state index in [4.69, 9.17) is 9.84 Å². The van der Waals surface area contributed by atoms with Crippen molar-refractivity contribution >= 4 is 6.16 Å². The molecule has 0 aliphatic carbocycles. The van der Waals surface area contributed by atoms with Crippen LogP contribution in [0.1, 0.15) is 83.1 Å². The Kier molecular flexibility index (Phi) is 11.9. The summed E-state index contributed by atoms with van der Waals surface area (Å²) in [5.41, 5.74) is 1.42. The molecule has 1 aromatic rings. The lowest BCUT2D eigenvalue weighted by Gasteiger charge is -2.15. The quantitative estimate of drug-likeness (QED) is 0.308. The first-order valence-corrected chi connectivity index (χ1v) is 9.66. The van der Waals surface area contributed by atoms with Crippen molar-refractivity contribution < 1.29 is 14.6 Å². The van der Waals surface area contributed by atoms with E-state index in [1.54, 1.807) is 0 Å². The van der Waals surface area contributed by atoms with Gasteiger partial charge in [-0.05, 0) is 44.1 Å². The second-order valence-corrected chi connectivity index (χ2v) is 6.65. The molecule has 0 saturated heterocycles. The number of carboxylic acid groups (broad SMARTS) is 1. The third-order valence-electron chi connectivity index (χ3n) is 4.48. The minimum Gasteiger partial charge on any atom is -0.450 e. The van der Waals surface area contributed by atoms with Crippen molar-refractivity contribution in [3.63, 3.8) is 0 Å². The van der Waals surface area contributed by atoms with Gasteiger partial charge >= 0.3 is 6.16 Å². The van der Waals surface area contributed by atoms with E-state index in [-0.39, 0.29) is 6.10 Å². The molecule has 0 spiro atoms. The average molecular weight is 334 g/mol. The van der Waals surface area contributed by atoms with Gasteiger partial charge in [0, 0.05) is 0 Å². The molecule has 1 unspecified atom stereocenters. The monoisotopic (exact) mass is 334 g/mol. The molecule has 1 rings (SSSR count). The van der Waals surface area contributed by atoms with Gasteiger partial charge < -0.3 is 9.84 Å². The van der Waals surface area contributed by atoms with Crippen LogP contribution in [0.3, 0.4) is 0 Å². The Morgan fingerprint density at radius 1 is 0.917 bits per heavy atom. The molecule has 0 saturated carbocycles. The smallest absolute Gasteiger partial charge is 0.450 e. The van der Waals surface area contributed by atoms with Crippen LogP contribution in [-0.2, 0) is 11.2 Å². The van der Waals surface area contributed by atoms with Crippen LogP contribution in [0.5, 0.6) is 0 Å². The van der Waals surface area contributed by atoms with Gasteiger partial charge in [-0.3, -0.25) is 0 Å². The fraction of sp³-hybridized carbons (Fsp3) is 0.667. The maximum absolute atomic E-state index is 10.8. The molecule has 24 heavy (non-hydrogen) atoms. The van der Waals surface area contributed by atoms with E-state index < -0.39 is 6.16 Å². The summed E-state index contributed by atoms with van der Waals surface area (Å²) in [5, 5.41) is 8.85.